The number of carbonyl (C=O) groups is 1. The van der Waals surface area contributed by atoms with Crippen molar-refractivity contribution in [3.05, 3.63) is 69.7 Å². The number of hydrogen-bond donors (Lipinski definition) is 1. The quantitative estimate of drug-likeness (QED) is 0.842. The SMILES string of the molecule is COc1ccc(/C(=C/C(=O)O)c2cc(Cl)ccc2Cl)cc1. The monoisotopic (exact) mass is 322 g/mol. The average molecular weight is 323 g/mol. The molecule has 1 N–H and O–H groups in total. The molecular weight excluding hydrogens is 311 g/mol. The van der Waals surface area contributed by atoms with Gasteiger partial charge in [-0.3, -0.25) is 0 Å². The molecule has 0 unspecified atom stereocenters. The van der Waals surface area contributed by atoms with Crippen molar-refractivity contribution in [1.82, 2.24) is 0 Å². The molecule has 2 rings (SSSR count). The van der Waals surface area contributed by atoms with Crippen molar-refractivity contribution in [2.75, 3.05) is 7.11 Å². The molecule has 0 aliphatic heterocycles. The zero-order valence-electron chi connectivity index (χ0n) is 11.1. The predicted molar refractivity (Wildman–Crippen MR) is 84.2 cm³/mol. The molecule has 0 atom stereocenters. The van der Waals surface area contributed by atoms with Crippen molar-refractivity contribution in [2.45, 2.75) is 0 Å². The highest BCUT2D eigenvalue weighted by Crippen LogP contribution is 2.32. The van der Waals surface area contributed by atoms with Gasteiger partial charge in [0.1, 0.15) is 5.75 Å². The Hall–Kier alpha value is -1.97. The van der Waals surface area contributed by atoms with Crippen molar-refractivity contribution in [3.63, 3.8) is 0 Å². The normalized spacial score (nSPS) is 11.3. The second-order valence-corrected chi connectivity index (χ2v) is 5.09. The summed E-state index contributed by atoms with van der Waals surface area (Å²) in [6.07, 6.45) is 1.11. The Morgan fingerprint density at radius 1 is 1.14 bits per heavy atom. The highest BCUT2D eigenvalue weighted by molar-refractivity contribution is 6.34. The zero-order valence-corrected chi connectivity index (χ0v) is 12.7. The second-order valence-electron chi connectivity index (χ2n) is 4.25. The third-order valence-electron chi connectivity index (χ3n) is 2.89. The maximum absolute atomic E-state index is 11.1. The van der Waals surface area contributed by atoms with E-state index in [2.05, 4.69) is 0 Å². The van der Waals surface area contributed by atoms with E-state index in [0.29, 0.717) is 32.5 Å². The van der Waals surface area contributed by atoms with Crippen LogP contribution in [0.5, 0.6) is 5.75 Å². The predicted octanol–water partition coefficient (Wildman–Crippen LogP) is 4.52. The Balaban J connectivity index is 2.58. The summed E-state index contributed by atoms with van der Waals surface area (Å²) in [4.78, 5) is 11.1. The van der Waals surface area contributed by atoms with E-state index in [1.165, 1.54) is 0 Å². The maximum atomic E-state index is 11.1. The minimum Gasteiger partial charge on any atom is -0.497 e. The van der Waals surface area contributed by atoms with E-state index in [4.69, 9.17) is 33.0 Å². The van der Waals surface area contributed by atoms with Crippen LogP contribution in [-0.4, -0.2) is 18.2 Å². The highest BCUT2D eigenvalue weighted by Gasteiger charge is 2.12. The summed E-state index contributed by atoms with van der Waals surface area (Å²) in [6, 6.07) is 12.0. The topological polar surface area (TPSA) is 46.5 Å². The van der Waals surface area contributed by atoms with Crippen LogP contribution in [0.25, 0.3) is 5.57 Å². The first-order valence-corrected chi connectivity index (χ1v) is 6.81. The molecule has 0 bridgehead atoms. The van der Waals surface area contributed by atoms with Crippen LogP contribution in [-0.2, 0) is 4.79 Å². The number of carboxylic acid groups (broad SMARTS) is 1. The lowest BCUT2D eigenvalue weighted by Gasteiger charge is -2.11. The summed E-state index contributed by atoms with van der Waals surface area (Å²) in [7, 11) is 1.57. The van der Waals surface area contributed by atoms with Gasteiger partial charge in [0.25, 0.3) is 0 Å². The van der Waals surface area contributed by atoms with E-state index in [0.717, 1.165) is 6.08 Å². The molecule has 0 fully saturated rings. The molecule has 5 heteroatoms. The third-order valence-corrected chi connectivity index (χ3v) is 3.45. The van der Waals surface area contributed by atoms with E-state index in [-0.39, 0.29) is 0 Å². The van der Waals surface area contributed by atoms with Crippen molar-refractivity contribution in [1.29, 1.82) is 0 Å². The molecule has 2 aromatic carbocycles. The fourth-order valence-corrected chi connectivity index (χ4v) is 2.31. The van der Waals surface area contributed by atoms with Crippen LogP contribution in [0.2, 0.25) is 10.0 Å². The number of aliphatic carboxylic acids is 1. The van der Waals surface area contributed by atoms with Crippen LogP contribution in [0, 0.1) is 0 Å². The molecule has 0 saturated carbocycles. The second kappa shape index (κ2) is 6.66. The minimum absolute atomic E-state index is 0.433. The fraction of sp³-hybridized carbons (Fsp3) is 0.0625. The average Bonchev–Trinajstić information content (AvgIpc) is 2.47. The van der Waals surface area contributed by atoms with Gasteiger partial charge < -0.3 is 9.84 Å². The zero-order chi connectivity index (χ0) is 15.4. The summed E-state index contributed by atoms with van der Waals surface area (Å²) < 4.78 is 5.10. The van der Waals surface area contributed by atoms with E-state index in [9.17, 15) is 4.79 Å². The van der Waals surface area contributed by atoms with Gasteiger partial charge in [-0.2, -0.15) is 0 Å². The molecule has 0 radical (unpaired) electrons. The largest absolute Gasteiger partial charge is 0.497 e. The van der Waals surface area contributed by atoms with E-state index in [1.807, 2.05) is 0 Å². The lowest BCUT2D eigenvalue weighted by atomic mass is 9.97. The van der Waals surface area contributed by atoms with E-state index < -0.39 is 5.97 Å². The van der Waals surface area contributed by atoms with Gasteiger partial charge in [-0.05, 0) is 41.5 Å². The molecule has 2 aromatic rings. The lowest BCUT2D eigenvalue weighted by molar-refractivity contribution is -0.131. The first-order chi connectivity index (χ1) is 10.0. The molecule has 0 spiro atoms. The molecule has 21 heavy (non-hydrogen) atoms. The molecule has 3 nitrogen and oxygen atoms in total. The van der Waals surface area contributed by atoms with Crippen molar-refractivity contribution < 1.29 is 14.6 Å². The highest BCUT2D eigenvalue weighted by atomic mass is 35.5. The molecule has 0 aliphatic carbocycles. The number of benzene rings is 2. The van der Waals surface area contributed by atoms with E-state index >= 15 is 0 Å². The molecule has 0 heterocycles. The van der Waals surface area contributed by atoms with Gasteiger partial charge in [0.05, 0.1) is 7.11 Å². The summed E-state index contributed by atoms with van der Waals surface area (Å²) >= 11 is 12.1. The van der Waals surface area contributed by atoms with Gasteiger partial charge in [-0.15, -0.1) is 0 Å². The van der Waals surface area contributed by atoms with Gasteiger partial charge in [-0.25, -0.2) is 4.79 Å². The number of hydrogen-bond acceptors (Lipinski definition) is 2. The van der Waals surface area contributed by atoms with Gasteiger partial charge in [0.2, 0.25) is 0 Å². The third kappa shape index (κ3) is 3.78. The Bertz CT molecular complexity index is 691. The van der Waals surface area contributed by atoms with Gasteiger partial charge in [0, 0.05) is 21.7 Å². The molecular formula is C16H12Cl2O3. The first-order valence-electron chi connectivity index (χ1n) is 6.05. The Labute approximate surface area is 132 Å². The van der Waals surface area contributed by atoms with Crippen molar-refractivity contribution in [3.8, 4) is 5.75 Å². The van der Waals surface area contributed by atoms with Crippen LogP contribution in [0.3, 0.4) is 0 Å². The number of carboxylic acids is 1. The van der Waals surface area contributed by atoms with Gasteiger partial charge in [-0.1, -0.05) is 35.3 Å². The molecule has 0 amide bonds. The molecule has 0 aliphatic rings. The molecule has 108 valence electrons. The van der Waals surface area contributed by atoms with Crippen molar-refractivity contribution in [2.24, 2.45) is 0 Å². The smallest absolute Gasteiger partial charge is 0.328 e. The summed E-state index contributed by atoms with van der Waals surface area (Å²) in [6.45, 7) is 0. The minimum atomic E-state index is -1.06. The van der Waals surface area contributed by atoms with Gasteiger partial charge >= 0.3 is 5.97 Å². The molecule has 0 saturated heterocycles. The summed E-state index contributed by atoms with van der Waals surface area (Å²) in [5, 5.41) is 10.0. The number of halogens is 2. The Kier molecular flexibility index (Phi) is 4.89. The van der Waals surface area contributed by atoms with Crippen LogP contribution in [0.15, 0.2) is 48.5 Å². The van der Waals surface area contributed by atoms with Crippen LogP contribution in [0.1, 0.15) is 11.1 Å². The van der Waals surface area contributed by atoms with E-state index in [1.54, 1.807) is 49.6 Å². The summed E-state index contributed by atoms with van der Waals surface area (Å²) in [5.74, 6) is -0.373. The summed E-state index contributed by atoms with van der Waals surface area (Å²) in [5.41, 5.74) is 1.76. The Morgan fingerprint density at radius 2 is 1.81 bits per heavy atom. The maximum Gasteiger partial charge on any atom is 0.328 e. The number of rotatable bonds is 4. The fourth-order valence-electron chi connectivity index (χ4n) is 1.91. The van der Waals surface area contributed by atoms with Crippen molar-refractivity contribution >= 4 is 34.7 Å². The first kappa shape index (κ1) is 15.4. The number of ether oxygens (including phenoxy) is 1. The molecule has 0 aromatic heterocycles. The Morgan fingerprint density at radius 3 is 2.38 bits per heavy atom. The number of methoxy groups -OCH3 is 1. The van der Waals surface area contributed by atoms with Gasteiger partial charge in [0.15, 0.2) is 0 Å². The van der Waals surface area contributed by atoms with Crippen LogP contribution < -0.4 is 4.74 Å². The van der Waals surface area contributed by atoms with Crippen LogP contribution in [0.4, 0.5) is 0 Å². The van der Waals surface area contributed by atoms with Crippen LogP contribution >= 0.6 is 23.2 Å². The lowest BCUT2D eigenvalue weighted by Crippen LogP contribution is -1.96. The standard InChI is InChI=1S/C16H12Cl2O3/c1-21-12-5-2-10(3-6-12)13(9-16(19)20)14-8-11(17)4-7-15(14)18/h2-9H,1H3,(H,19,20)/b13-9-.